The molecule has 0 aromatic heterocycles. The van der Waals surface area contributed by atoms with Crippen LogP contribution in [0.5, 0.6) is 0 Å². The highest BCUT2D eigenvalue weighted by Gasteiger charge is 2.38. The minimum Gasteiger partial charge on any atom is -0.354 e. The lowest BCUT2D eigenvalue weighted by atomic mass is 10.1. The van der Waals surface area contributed by atoms with Gasteiger partial charge >= 0.3 is 0 Å². The zero-order valence-electron chi connectivity index (χ0n) is 19.7. The Labute approximate surface area is 202 Å². The first-order valence-corrected chi connectivity index (χ1v) is 13.6. The number of nitrogens with zero attached hydrogens (tertiary/aromatic N) is 2. The maximum Gasteiger partial charge on any atom is 0.243 e. The molecular formula is C26H33N3O4S. The summed E-state index contributed by atoms with van der Waals surface area (Å²) >= 11 is 0. The van der Waals surface area contributed by atoms with Gasteiger partial charge in [-0.3, -0.25) is 14.5 Å². The van der Waals surface area contributed by atoms with Crippen LogP contribution in [0.2, 0.25) is 0 Å². The van der Waals surface area contributed by atoms with Crippen molar-refractivity contribution in [2.75, 3.05) is 24.5 Å². The summed E-state index contributed by atoms with van der Waals surface area (Å²) in [5.74, 6) is -0.442. The largest absolute Gasteiger partial charge is 0.354 e. The summed E-state index contributed by atoms with van der Waals surface area (Å²) in [4.78, 5) is 27.1. The van der Waals surface area contributed by atoms with Crippen molar-refractivity contribution >= 4 is 27.5 Å². The number of nitrogens with one attached hydrogen (secondary N) is 1. The van der Waals surface area contributed by atoms with E-state index in [-0.39, 0.29) is 16.7 Å². The fourth-order valence-electron chi connectivity index (χ4n) is 4.89. The summed E-state index contributed by atoms with van der Waals surface area (Å²) in [6, 6.07) is 14.3. The monoisotopic (exact) mass is 483 g/mol. The number of benzene rings is 2. The molecule has 1 saturated heterocycles. The van der Waals surface area contributed by atoms with E-state index >= 15 is 0 Å². The molecule has 182 valence electrons. The summed E-state index contributed by atoms with van der Waals surface area (Å²) in [6.45, 7) is 3.02. The van der Waals surface area contributed by atoms with Gasteiger partial charge in [-0.05, 0) is 55.0 Å². The van der Waals surface area contributed by atoms with Gasteiger partial charge < -0.3 is 5.32 Å². The van der Waals surface area contributed by atoms with E-state index in [2.05, 4.69) is 17.4 Å². The van der Waals surface area contributed by atoms with Crippen molar-refractivity contribution in [1.29, 1.82) is 0 Å². The Morgan fingerprint density at radius 2 is 1.71 bits per heavy atom. The highest BCUT2D eigenvalue weighted by molar-refractivity contribution is 7.89. The quantitative estimate of drug-likeness (QED) is 0.613. The molecular weight excluding hydrogens is 450 g/mol. The maximum atomic E-state index is 13.2. The molecule has 0 bridgehead atoms. The van der Waals surface area contributed by atoms with E-state index in [4.69, 9.17) is 0 Å². The van der Waals surface area contributed by atoms with Crippen LogP contribution in [-0.2, 0) is 32.5 Å². The number of amides is 2. The van der Waals surface area contributed by atoms with Crippen LogP contribution in [0.3, 0.4) is 0 Å². The van der Waals surface area contributed by atoms with Crippen LogP contribution < -0.4 is 10.2 Å². The lowest BCUT2D eigenvalue weighted by Gasteiger charge is -2.24. The Hall–Kier alpha value is -2.71. The second kappa shape index (κ2) is 10.7. The minimum absolute atomic E-state index is 0.212. The van der Waals surface area contributed by atoms with Crippen LogP contribution in [0.25, 0.3) is 0 Å². The molecule has 0 radical (unpaired) electrons. The van der Waals surface area contributed by atoms with Crippen molar-refractivity contribution < 1.29 is 18.0 Å². The van der Waals surface area contributed by atoms with Crippen molar-refractivity contribution in [2.24, 2.45) is 0 Å². The SMILES string of the molecule is CC(=O)N1c2ccc(S(=O)(=O)N3CCCCCC3)cc2CC1C(=O)NCCCc1ccccc1. The van der Waals surface area contributed by atoms with Crippen molar-refractivity contribution in [3.05, 3.63) is 59.7 Å². The Morgan fingerprint density at radius 1 is 1.00 bits per heavy atom. The molecule has 1 fully saturated rings. The predicted molar refractivity (Wildman–Crippen MR) is 132 cm³/mol. The Morgan fingerprint density at radius 3 is 2.38 bits per heavy atom. The van der Waals surface area contributed by atoms with Crippen LogP contribution >= 0.6 is 0 Å². The molecule has 2 heterocycles. The molecule has 0 saturated carbocycles. The standard InChI is InChI=1S/C26H33N3O4S/c1-20(30)29-24-14-13-23(34(32,33)28-16-7-2-3-8-17-28)18-22(24)19-25(29)26(31)27-15-9-12-21-10-5-4-6-11-21/h4-6,10-11,13-14,18,25H,2-3,7-9,12,15-17,19H2,1H3,(H,27,31). The summed E-state index contributed by atoms with van der Waals surface area (Å²) in [5, 5.41) is 2.96. The normalized spacial score (nSPS) is 18.9. The van der Waals surface area contributed by atoms with Gasteiger partial charge in [0.2, 0.25) is 21.8 Å². The molecule has 2 aromatic carbocycles. The van der Waals surface area contributed by atoms with Crippen LogP contribution in [0.15, 0.2) is 53.4 Å². The molecule has 1 N–H and O–H groups in total. The number of sulfonamides is 1. The second-order valence-electron chi connectivity index (χ2n) is 9.10. The highest BCUT2D eigenvalue weighted by atomic mass is 32.2. The molecule has 7 nitrogen and oxygen atoms in total. The molecule has 2 aliphatic heterocycles. The third-order valence-electron chi connectivity index (χ3n) is 6.66. The van der Waals surface area contributed by atoms with Crippen molar-refractivity contribution in [3.63, 3.8) is 0 Å². The Kier molecular flexibility index (Phi) is 7.68. The predicted octanol–water partition coefficient (Wildman–Crippen LogP) is 3.28. The van der Waals surface area contributed by atoms with Gasteiger partial charge in [-0.25, -0.2) is 8.42 Å². The Balaban J connectivity index is 1.45. The summed E-state index contributed by atoms with van der Waals surface area (Å²) in [7, 11) is -3.60. The number of fused-ring (bicyclic) bond motifs is 1. The van der Waals surface area contributed by atoms with E-state index < -0.39 is 16.1 Å². The first kappa shape index (κ1) is 24.4. The van der Waals surface area contributed by atoms with Crippen LogP contribution in [0, 0.1) is 0 Å². The molecule has 4 rings (SSSR count). The Bertz CT molecular complexity index is 1130. The van der Waals surface area contributed by atoms with E-state index in [0.29, 0.717) is 31.7 Å². The van der Waals surface area contributed by atoms with E-state index in [1.54, 1.807) is 22.5 Å². The minimum atomic E-state index is -3.60. The van der Waals surface area contributed by atoms with E-state index in [9.17, 15) is 18.0 Å². The molecule has 8 heteroatoms. The summed E-state index contributed by atoms with van der Waals surface area (Å²) in [5.41, 5.74) is 2.55. The maximum absolute atomic E-state index is 13.2. The van der Waals surface area contributed by atoms with Gasteiger partial charge in [-0.1, -0.05) is 43.2 Å². The highest BCUT2D eigenvalue weighted by Crippen LogP contribution is 2.35. The first-order chi connectivity index (χ1) is 16.4. The van der Waals surface area contributed by atoms with E-state index in [1.807, 2.05) is 18.2 Å². The fourth-order valence-corrected chi connectivity index (χ4v) is 6.45. The summed E-state index contributed by atoms with van der Waals surface area (Å²) < 4.78 is 28.0. The molecule has 1 atom stereocenters. The van der Waals surface area contributed by atoms with E-state index in [1.165, 1.54) is 17.4 Å². The van der Waals surface area contributed by atoms with Gasteiger partial charge in [0.15, 0.2) is 0 Å². The van der Waals surface area contributed by atoms with Gasteiger partial charge in [0, 0.05) is 38.7 Å². The summed E-state index contributed by atoms with van der Waals surface area (Å²) in [6.07, 6.45) is 5.80. The number of aryl methyl sites for hydroxylation is 1. The first-order valence-electron chi connectivity index (χ1n) is 12.1. The average molecular weight is 484 g/mol. The van der Waals surface area contributed by atoms with Gasteiger partial charge in [0.05, 0.1) is 4.90 Å². The number of rotatable bonds is 7. The lowest BCUT2D eigenvalue weighted by Crippen LogP contribution is -2.47. The third kappa shape index (κ3) is 5.33. The van der Waals surface area contributed by atoms with Gasteiger partial charge in [-0.2, -0.15) is 4.31 Å². The zero-order valence-corrected chi connectivity index (χ0v) is 20.5. The number of hydrogen-bond acceptors (Lipinski definition) is 4. The molecule has 0 spiro atoms. The van der Waals surface area contributed by atoms with Crippen LogP contribution in [0.1, 0.15) is 50.2 Å². The van der Waals surface area contributed by atoms with Gasteiger partial charge in [-0.15, -0.1) is 0 Å². The van der Waals surface area contributed by atoms with Crippen LogP contribution in [0.4, 0.5) is 5.69 Å². The third-order valence-corrected chi connectivity index (χ3v) is 8.56. The molecule has 0 aliphatic carbocycles. The molecule has 2 aromatic rings. The van der Waals surface area contributed by atoms with E-state index in [0.717, 1.165) is 44.1 Å². The molecule has 34 heavy (non-hydrogen) atoms. The lowest BCUT2D eigenvalue weighted by molar-refractivity contribution is -0.125. The fraction of sp³-hybridized carbons (Fsp3) is 0.462. The van der Waals surface area contributed by atoms with Crippen molar-refractivity contribution in [2.45, 2.75) is 62.8 Å². The topological polar surface area (TPSA) is 86.8 Å². The number of carbonyl (C=O) groups is 2. The van der Waals surface area contributed by atoms with Crippen molar-refractivity contribution in [3.8, 4) is 0 Å². The zero-order chi connectivity index (χ0) is 24.1. The van der Waals surface area contributed by atoms with Gasteiger partial charge in [0.25, 0.3) is 0 Å². The second-order valence-corrected chi connectivity index (χ2v) is 11.0. The average Bonchev–Trinajstić information content (AvgIpc) is 2.99. The number of anilines is 1. The number of hydrogen-bond donors (Lipinski definition) is 1. The van der Waals surface area contributed by atoms with Crippen molar-refractivity contribution in [1.82, 2.24) is 9.62 Å². The molecule has 2 aliphatic rings. The smallest absolute Gasteiger partial charge is 0.243 e. The molecule has 2 amide bonds. The molecule has 1 unspecified atom stereocenters. The van der Waals surface area contributed by atoms with Gasteiger partial charge in [0.1, 0.15) is 6.04 Å². The van der Waals surface area contributed by atoms with Crippen LogP contribution in [-0.4, -0.2) is 50.2 Å². The number of carbonyl (C=O) groups excluding carboxylic acids is 2.